The average Bonchev–Trinajstić information content (AvgIpc) is 2.86. The summed E-state index contributed by atoms with van der Waals surface area (Å²) >= 11 is 12.1. The molecule has 0 unspecified atom stereocenters. The van der Waals surface area contributed by atoms with Crippen molar-refractivity contribution in [2.45, 2.75) is 13.0 Å². The van der Waals surface area contributed by atoms with Gasteiger partial charge in [0.15, 0.2) is 5.65 Å². The van der Waals surface area contributed by atoms with E-state index in [2.05, 4.69) is 10.3 Å². The lowest BCUT2D eigenvalue weighted by atomic mass is 10.1. The van der Waals surface area contributed by atoms with Crippen LogP contribution in [0, 0.1) is 0 Å². The Morgan fingerprint density at radius 2 is 1.89 bits per heavy atom. The van der Waals surface area contributed by atoms with Gasteiger partial charge in [-0.2, -0.15) is 0 Å². The lowest BCUT2D eigenvalue weighted by Crippen LogP contribution is -2.33. The van der Waals surface area contributed by atoms with Crippen LogP contribution in [0.3, 0.4) is 0 Å². The van der Waals surface area contributed by atoms with Crippen LogP contribution in [0.2, 0.25) is 10.0 Å². The summed E-state index contributed by atoms with van der Waals surface area (Å²) in [6.45, 7) is 0.200. The van der Waals surface area contributed by atoms with E-state index in [9.17, 15) is 9.59 Å². The minimum Gasteiger partial charge on any atom is -0.396 e. The number of carbonyl (C=O) groups is 1. The predicted octanol–water partition coefficient (Wildman–Crippen LogP) is 2.21. The molecule has 142 valence electrons. The molecule has 0 saturated heterocycles. The fraction of sp³-hybridized carbons (Fsp3) is 0.278. The summed E-state index contributed by atoms with van der Waals surface area (Å²) in [6, 6.07) is 6.98. The van der Waals surface area contributed by atoms with Crippen LogP contribution in [0.15, 0.2) is 35.3 Å². The summed E-state index contributed by atoms with van der Waals surface area (Å²) in [5.41, 5.74) is 2.21. The summed E-state index contributed by atoms with van der Waals surface area (Å²) in [5, 5.41) is 12.4. The van der Waals surface area contributed by atoms with Crippen LogP contribution in [0.25, 0.3) is 22.3 Å². The first-order chi connectivity index (χ1) is 12.9. The number of aryl methyl sites for hydroxylation is 1. The van der Waals surface area contributed by atoms with Gasteiger partial charge in [0, 0.05) is 42.0 Å². The largest absolute Gasteiger partial charge is 0.396 e. The van der Waals surface area contributed by atoms with E-state index in [1.807, 2.05) is 6.07 Å². The van der Waals surface area contributed by atoms with Crippen molar-refractivity contribution >= 4 is 40.3 Å². The normalized spacial score (nSPS) is 11.1. The maximum Gasteiger partial charge on any atom is 0.330 e. The molecule has 0 aliphatic rings. The highest BCUT2D eigenvalue weighted by atomic mass is 35.5. The Bertz CT molecular complexity index is 1040. The second-order valence-electron chi connectivity index (χ2n) is 6.08. The number of fused-ring (bicyclic) bond motifs is 1. The number of hydrogen-bond donors (Lipinski definition) is 2. The molecule has 0 bridgehead atoms. The van der Waals surface area contributed by atoms with E-state index in [4.69, 9.17) is 28.3 Å². The van der Waals surface area contributed by atoms with Gasteiger partial charge in [0.1, 0.15) is 6.54 Å². The molecule has 27 heavy (non-hydrogen) atoms. The van der Waals surface area contributed by atoms with Crippen molar-refractivity contribution in [2.75, 3.05) is 13.2 Å². The van der Waals surface area contributed by atoms with Gasteiger partial charge >= 0.3 is 5.69 Å². The summed E-state index contributed by atoms with van der Waals surface area (Å²) in [7, 11) is 1.63. The van der Waals surface area contributed by atoms with E-state index in [1.54, 1.807) is 31.4 Å². The van der Waals surface area contributed by atoms with Crippen LogP contribution >= 0.6 is 23.2 Å². The van der Waals surface area contributed by atoms with Crippen molar-refractivity contribution in [1.29, 1.82) is 0 Å². The SMILES string of the molecule is Cn1c(=O)n(CC(=O)NCCCO)c2ncc(-c3cc(Cl)cc(Cl)c3)cc21. The number of amides is 1. The fourth-order valence-electron chi connectivity index (χ4n) is 2.80. The Morgan fingerprint density at radius 3 is 2.56 bits per heavy atom. The predicted molar refractivity (Wildman–Crippen MR) is 105 cm³/mol. The molecule has 3 rings (SSSR count). The number of hydrogen-bond acceptors (Lipinski definition) is 4. The summed E-state index contributed by atoms with van der Waals surface area (Å²) in [6.07, 6.45) is 2.07. The highest BCUT2D eigenvalue weighted by Crippen LogP contribution is 2.28. The molecule has 2 N–H and O–H groups in total. The molecule has 0 aliphatic carbocycles. The molecule has 0 radical (unpaired) electrons. The van der Waals surface area contributed by atoms with Crippen molar-refractivity contribution in [2.24, 2.45) is 7.05 Å². The molecule has 7 nitrogen and oxygen atoms in total. The van der Waals surface area contributed by atoms with Crippen molar-refractivity contribution in [3.05, 3.63) is 51.0 Å². The van der Waals surface area contributed by atoms with E-state index < -0.39 is 0 Å². The van der Waals surface area contributed by atoms with Gasteiger partial charge in [-0.25, -0.2) is 9.78 Å². The Labute approximate surface area is 165 Å². The van der Waals surface area contributed by atoms with E-state index >= 15 is 0 Å². The van der Waals surface area contributed by atoms with Crippen LogP contribution in [-0.4, -0.2) is 38.3 Å². The molecule has 0 atom stereocenters. The fourth-order valence-corrected chi connectivity index (χ4v) is 3.33. The summed E-state index contributed by atoms with van der Waals surface area (Å²) < 4.78 is 2.76. The standard InChI is InChI=1S/C18H18Cl2N4O3/c1-23-15-7-12(11-5-13(19)8-14(20)6-11)9-22-17(15)24(18(23)27)10-16(26)21-3-2-4-25/h5-9,25H,2-4,10H2,1H3,(H,21,26). The number of aliphatic hydroxyl groups excluding tert-OH is 1. The second-order valence-corrected chi connectivity index (χ2v) is 6.95. The zero-order valence-electron chi connectivity index (χ0n) is 14.6. The van der Waals surface area contributed by atoms with Gasteiger partial charge < -0.3 is 10.4 Å². The molecular weight excluding hydrogens is 391 g/mol. The van der Waals surface area contributed by atoms with Gasteiger partial charge in [0.25, 0.3) is 0 Å². The number of nitrogens with zero attached hydrogens (tertiary/aromatic N) is 3. The smallest absolute Gasteiger partial charge is 0.330 e. The average molecular weight is 409 g/mol. The van der Waals surface area contributed by atoms with Gasteiger partial charge in [0.05, 0.1) is 5.52 Å². The lowest BCUT2D eigenvalue weighted by molar-refractivity contribution is -0.121. The maximum absolute atomic E-state index is 12.5. The van der Waals surface area contributed by atoms with Gasteiger partial charge in [-0.1, -0.05) is 23.2 Å². The highest BCUT2D eigenvalue weighted by molar-refractivity contribution is 6.35. The molecule has 0 spiro atoms. The Kier molecular flexibility index (Phi) is 5.84. The van der Waals surface area contributed by atoms with Crippen molar-refractivity contribution in [1.82, 2.24) is 19.4 Å². The monoisotopic (exact) mass is 408 g/mol. The van der Waals surface area contributed by atoms with Crippen molar-refractivity contribution < 1.29 is 9.90 Å². The first-order valence-corrected chi connectivity index (χ1v) is 9.05. The molecular formula is C18H18Cl2N4O3. The molecule has 2 aromatic heterocycles. The van der Waals surface area contributed by atoms with E-state index in [0.29, 0.717) is 34.2 Å². The Morgan fingerprint density at radius 1 is 1.19 bits per heavy atom. The van der Waals surface area contributed by atoms with Gasteiger partial charge in [-0.05, 0) is 36.2 Å². The van der Waals surface area contributed by atoms with Crippen molar-refractivity contribution in [3.8, 4) is 11.1 Å². The first kappa shape index (κ1) is 19.4. The molecule has 9 heteroatoms. The van der Waals surface area contributed by atoms with Gasteiger partial charge in [-0.15, -0.1) is 0 Å². The third-order valence-electron chi connectivity index (χ3n) is 4.14. The third kappa shape index (κ3) is 4.16. The molecule has 1 amide bonds. The zero-order chi connectivity index (χ0) is 19.6. The van der Waals surface area contributed by atoms with Crippen molar-refractivity contribution in [3.63, 3.8) is 0 Å². The highest BCUT2D eigenvalue weighted by Gasteiger charge is 2.16. The second kappa shape index (κ2) is 8.12. The number of imidazole rings is 1. The molecule has 3 aromatic rings. The number of aromatic nitrogens is 3. The Balaban J connectivity index is 1.98. The van der Waals surface area contributed by atoms with Crippen LogP contribution in [0.4, 0.5) is 0 Å². The third-order valence-corrected chi connectivity index (χ3v) is 4.57. The van der Waals surface area contributed by atoms with Crippen LogP contribution in [0.1, 0.15) is 6.42 Å². The molecule has 0 fully saturated rings. The van der Waals surface area contributed by atoms with Crippen LogP contribution in [0.5, 0.6) is 0 Å². The number of pyridine rings is 1. The minimum absolute atomic E-state index is 0.00759. The number of benzene rings is 1. The minimum atomic E-state index is -0.337. The number of rotatable bonds is 6. The number of carbonyl (C=O) groups excluding carboxylic acids is 1. The number of nitrogens with one attached hydrogen (secondary N) is 1. The van der Waals surface area contributed by atoms with E-state index in [-0.39, 0.29) is 24.7 Å². The van der Waals surface area contributed by atoms with E-state index in [1.165, 1.54) is 9.13 Å². The molecule has 0 saturated carbocycles. The molecule has 2 heterocycles. The summed E-state index contributed by atoms with van der Waals surface area (Å²) in [5.74, 6) is -0.314. The summed E-state index contributed by atoms with van der Waals surface area (Å²) in [4.78, 5) is 29.0. The van der Waals surface area contributed by atoms with Gasteiger partial charge in [0.2, 0.25) is 5.91 Å². The van der Waals surface area contributed by atoms with Crippen LogP contribution < -0.4 is 11.0 Å². The molecule has 0 aliphatic heterocycles. The maximum atomic E-state index is 12.5. The number of halogens is 2. The van der Waals surface area contributed by atoms with E-state index in [0.717, 1.165) is 11.1 Å². The van der Waals surface area contributed by atoms with Gasteiger partial charge in [-0.3, -0.25) is 13.9 Å². The number of aliphatic hydroxyl groups is 1. The first-order valence-electron chi connectivity index (χ1n) is 8.30. The quantitative estimate of drug-likeness (QED) is 0.611. The lowest BCUT2D eigenvalue weighted by Gasteiger charge is -2.06. The van der Waals surface area contributed by atoms with Crippen LogP contribution in [-0.2, 0) is 18.4 Å². The topological polar surface area (TPSA) is 89.2 Å². The Hall–Kier alpha value is -2.35. The molecule has 1 aromatic carbocycles. The zero-order valence-corrected chi connectivity index (χ0v) is 16.1.